The molecule has 0 spiro atoms. The molecule has 0 radical (unpaired) electrons. The summed E-state index contributed by atoms with van der Waals surface area (Å²) >= 11 is 0. The van der Waals surface area contributed by atoms with Gasteiger partial charge in [0.05, 0.1) is 30.5 Å². The zero-order valence-corrected chi connectivity index (χ0v) is 56.2. The van der Waals surface area contributed by atoms with Crippen molar-refractivity contribution in [1.82, 2.24) is 20.4 Å². The van der Waals surface area contributed by atoms with E-state index >= 15 is 9.59 Å². The molecule has 2 N–H and O–H groups in total. The van der Waals surface area contributed by atoms with Crippen LogP contribution in [-0.4, -0.2) is 144 Å². The van der Waals surface area contributed by atoms with Gasteiger partial charge in [-0.1, -0.05) is 131 Å². The summed E-state index contributed by atoms with van der Waals surface area (Å²) in [5, 5.41) is 7.41. The summed E-state index contributed by atoms with van der Waals surface area (Å²) in [5.74, 6) is 1.38. The Bertz CT molecular complexity index is 2000. The van der Waals surface area contributed by atoms with E-state index in [0.717, 1.165) is 19.3 Å². The molecule has 0 aromatic carbocycles. The number of carbonyl (C=O) groups is 4. The smallest absolute Gasteiger partial charge is 0.466 e. The van der Waals surface area contributed by atoms with Crippen LogP contribution in [0.1, 0.15) is 183 Å². The topological polar surface area (TPSA) is 173 Å². The van der Waals surface area contributed by atoms with Gasteiger partial charge in [-0.05, 0) is 101 Å². The van der Waals surface area contributed by atoms with E-state index in [1.165, 1.54) is 0 Å². The Kier molecular flexibility index (Phi) is 21.1. The third kappa shape index (κ3) is 11.7. The number of carbonyl (C=O) groups excluding carboxylic acids is 4. The highest BCUT2D eigenvalue weighted by Crippen LogP contribution is 2.76. The first-order valence-electron chi connectivity index (χ1n) is 29.5. The van der Waals surface area contributed by atoms with Gasteiger partial charge >= 0.3 is 41.6 Å². The number of unbranched alkanes of at least 4 members (excludes halogenated alkanes) is 1. The van der Waals surface area contributed by atoms with Crippen LogP contribution in [0.25, 0.3) is 0 Å². The lowest BCUT2D eigenvalue weighted by atomic mass is 9.30. The molecule has 0 aromatic rings. The minimum Gasteiger partial charge on any atom is -0.466 e. The number of amides is 4. The van der Waals surface area contributed by atoms with E-state index in [0.29, 0.717) is 62.4 Å². The second-order valence-electron chi connectivity index (χ2n) is 28.7. The Balaban J connectivity index is 1.69. The van der Waals surface area contributed by atoms with Crippen molar-refractivity contribution in [3.05, 3.63) is 0 Å². The molecule has 78 heavy (non-hydrogen) atoms. The van der Waals surface area contributed by atoms with E-state index in [4.69, 9.17) is 36.0 Å². The van der Waals surface area contributed by atoms with Crippen molar-refractivity contribution >= 4 is 41.6 Å². The molecule has 18 heteroatoms. The molecule has 0 aromatic heterocycles. The number of hydrogen-bond donors (Lipinski definition) is 2. The Hall–Kier alpha value is -2.33. The Morgan fingerprint density at radius 3 is 1.09 bits per heavy atom. The number of ether oxygens (including phenoxy) is 2. The van der Waals surface area contributed by atoms with Crippen LogP contribution >= 0.6 is 0 Å². The van der Waals surface area contributed by atoms with E-state index in [-0.39, 0.29) is 89.5 Å². The van der Waals surface area contributed by atoms with E-state index in [1.54, 1.807) is 52.5 Å². The van der Waals surface area contributed by atoms with Gasteiger partial charge in [0.15, 0.2) is 0 Å². The fraction of sp³-hybridized carbons (Fsp3) is 0.933. The Morgan fingerprint density at radius 2 is 0.795 bits per heavy atom. The molecule has 0 saturated heterocycles. The van der Waals surface area contributed by atoms with E-state index in [9.17, 15) is 9.59 Å². The van der Waals surface area contributed by atoms with Crippen molar-refractivity contribution in [3.8, 4) is 0 Å². The highest BCUT2D eigenvalue weighted by molar-refractivity contribution is 6.60. The van der Waals surface area contributed by atoms with Crippen molar-refractivity contribution < 1.29 is 55.2 Å². The predicted octanol–water partition coefficient (Wildman–Crippen LogP) is 11.9. The molecule has 4 saturated carbocycles. The highest BCUT2D eigenvalue weighted by atomic mass is 28.4. The molecule has 4 fully saturated rings. The first kappa shape index (κ1) is 68.2. The number of urea groups is 2. The fourth-order valence-electron chi connectivity index (χ4n) is 15.6. The molecule has 2 unspecified atom stereocenters. The molecule has 4 amide bonds. The number of fused-ring (bicyclic) bond motifs is 1. The zero-order chi connectivity index (χ0) is 59.9. The second-order valence-corrected chi connectivity index (χ2v) is 34.8. The van der Waals surface area contributed by atoms with Crippen LogP contribution in [-0.2, 0) is 45.6 Å². The summed E-state index contributed by atoms with van der Waals surface area (Å²) in [6, 6.07) is 0.581. The molecule has 4 aliphatic rings. The first-order chi connectivity index (χ1) is 35.7. The van der Waals surface area contributed by atoms with Crippen molar-refractivity contribution in [2.24, 2.45) is 72.9 Å². The highest BCUT2D eigenvalue weighted by Gasteiger charge is 2.76. The maximum absolute atomic E-state index is 15.2. The van der Waals surface area contributed by atoms with Gasteiger partial charge < -0.3 is 56.5 Å². The second kappa shape index (κ2) is 24.1. The van der Waals surface area contributed by atoms with Crippen LogP contribution in [0.15, 0.2) is 0 Å². The lowest BCUT2D eigenvalue weighted by molar-refractivity contribution is -0.259. The molecule has 0 aliphatic heterocycles. The number of nitrogens with one attached hydrogen (secondary N) is 2. The van der Waals surface area contributed by atoms with Crippen LogP contribution in [0.4, 0.5) is 9.59 Å². The average Bonchev–Trinajstić information content (AvgIpc) is 4.27. The largest absolute Gasteiger partial charge is 0.500 e. The van der Waals surface area contributed by atoms with Gasteiger partial charge in [-0.15, -0.1) is 0 Å². The van der Waals surface area contributed by atoms with Crippen LogP contribution in [0, 0.1) is 72.9 Å². The van der Waals surface area contributed by atoms with Crippen LogP contribution in [0.3, 0.4) is 0 Å². The maximum Gasteiger partial charge on any atom is 0.500 e. The summed E-state index contributed by atoms with van der Waals surface area (Å²) in [5.41, 5.74) is -4.75. The molecule has 0 bridgehead atoms. The maximum atomic E-state index is 15.2. The minimum atomic E-state index is -2.93. The number of rotatable bonds is 28. The predicted molar refractivity (Wildman–Crippen MR) is 312 cm³/mol. The minimum absolute atomic E-state index is 0.0260. The molecule has 4 rings (SSSR count). The monoisotopic (exact) mass is 1140 g/mol. The fourth-order valence-corrected chi connectivity index (χ4v) is 19.0. The first-order valence-corrected chi connectivity index (χ1v) is 33.3. The van der Waals surface area contributed by atoms with E-state index in [2.05, 4.69) is 149 Å². The zero-order valence-electron chi connectivity index (χ0n) is 54.2. The normalized spacial score (nSPS) is 30.3. The lowest BCUT2D eigenvalue weighted by Crippen LogP contribution is -2.79. The van der Waals surface area contributed by atoms with E-state index in [1.807, 2.05) is 0 Å². The van der Waals surface area contributed by atoms with Gasteiger partial charge in [-0.25, -0.2) is 9.59 Å². The standard InChI is InChI=1S/C60H114N4O12Si2/c1-27-28-37-75-44(65)31-35-63(33-29-38-77(69-21,70-22)71-23)49(67)61-59(19)55(11,12)51(3,4)42(52(5,6)56(59,13)14)40-43-53(7,8)57(15,16)60(20,58(17,18)54(43,9)10)62-50(68)64(34-30-39-78(72-24,73-25)74-26)36-32-45(66)76-48-46-41(2)47(46)48/h41-43,46-48H,27-40H2,1-26H3,(H,61,67)(H,62,68). The molecule has 16 nitrogen and oxygen atoms in total. The molecule has 4 aliphatic carbocycles. The van der Waals surface area contributed by atoms with Gasteiger partial charge in [0, 0.05) is 92.8 Å². The average molecular weight is 1140 g/mol. The quantitative estimate of drug-likeness (QED) is 0.0432. The third-order valence-corrected chi connectivity index (χ3v) is 30.4. The summed E-state index contributed by atoms with van der Waals surface area (Å²) in [6.07, 6.45) is 3.95. The summed E-state index contributed by atoms with van der Waals surface area (Å²) < 4.78 is 45.9. The lowest BCUT2D eigenvalue weighted by Gasteiger charge is -2.76. The van der Waals surface area contributed by atoms with Crippen molar-refractivity contribution in [2.45, 2.75) is 213 Å². The number of esters is 2. The molecular weight excluding hydrogens is 1020 g/mol. The van der Waals surface area contributed by atoms with Crippen LogP contribution < -0.4 is 10.6 Å². The van der Waals surface area contributed by atoms with Gasteiger partial charge in [0.1, 0.15) is 6.10 Å². The van der Waals surface area contributed by atoms with Crippen LogP contribution in [0.5, 0.6) is 0 Å². The molecule has 2 atom stereocenters. The third-order valence-electron chi connectivity index (χ3n) is 24.7. The Morgan fingerprint density at radius 1 is 0.474 bits per heavy atom. The van der Waals surface area contributed by atoms with Crippen molar-refractivity contribution in [2.75, 3.05) is 75.4 Å². The van der Waals surface area contributed by atoms with Gasteiger partial charge in [-0.2, -0.15) is 0 Å². The molecule has 0 heterocycles. The Labute approximate surface area is 476 Å². The van der Waals surface area contributed by atoms with Gasteiger partial charge in [0.2, 0.25) is 0 Å². The molecule has 454 valence electrons. The number of nitrogens with zero attached hydrogens (tertiary/aromatic N) is 2. The summed E-state index contributed by atoms with van der Waals surface area (Å²) in [4.78, 5) is 60.1. The van der Waals surface area contributed by atoms with Crippen LogP contribution in [0.2, 0.25) is 12.1 Å². The summed E-state index contributed by atoms with van der Waals surface area (Å²) in [7, 11) is 3.71. The van der Waals surface area contributed by atoms with Crippen molar-refractivity contribution in [1.29, 1.82) is 0 Å². The summed E-state index contributed by atoms with van der Waals surface area (Å²) in [6.45, 7) is 48.3. The van der Waals surface area contributed by atoms with Crippen molar-refractivity contribution in [3.63, 3.8) is 0 Å². The SMILES string of the molecule is CCCCOC(=O)CCN(CCC[Si](OC)(OC)OC)C(=O)NC1(C)C(C)(C)C(C)(C)C(CC2C(C)(C)C(C)(C)C(C)(NC(=O)N(CCC[Si](OC)(OC)OC)CCC(=O)OC3C4C(C)C34)C(C)(C)C2(C)C)C(C)(C)C1(C)C. The van der Waals surface area contributed by atoms with E-state index < -0.39 is 50.3 Å². The van der Waals surface area contributed by atoms with Gasteiger partial charge in [0.25, 0.3) is 0 Å². The van der Waals surface area contributed by atoms with Gasteiger partial charge in [-0.3, -0.25) is 9.59 Å². The molecular formula is C60H114N4O12Si2. The number of hydrogen-bond acceptors (Lipinski definition) is 12.